The van der Waals surface area contributed by atoms with E-state index < -0.39 is 17.7 Å². The number of aliphatic hydroxyl groups excluding tert-OH is 1. The minimum Gasteiger partial charge on any atom is -0.461 e. The fraction of sp³-hybridized carbons (Fsp3) is 0.528. The number of fused-ring (bicyclic) bond motifs is 4. The maximum absolute atomic E-state index is 13.6. The van der Waals surface area contributed by atoms with Gasteiger partial charge in [0.15, 0.2) is 0 Å². The zero-order valence-corrected chi connectivity index (χ0v) is 29.5. The van der Waals surface area contributed by atoms with E-state index in [1.807, 2.05) is 52.8 Å². The van der Waals surface area contributed by atoms with Crippen molar-refractivity contribution in [1.82, 2.24) is 24.3 Å². The second-order valence-electron chi connectivity index (χ2n) is 14.0. The number of hydrogen-bond acceptors (Lipinski definition) is 10. The number of carbonyl (C=O) groups is 3. The summed E-state index contributed by atoms with van der Waals surface area (Å²) in [7, 11) is 5.57. The molecule has 49 heavy (non-hydrogen) atoms. The molecule has 0 bridgehead atoms. The van der Waals surface area contributed by atoms with Gasteiger partial charge in [0.05, 0.1) is 35.6 Å². The number of carbonyl (C=O) groups excluding carboxylic acids is 3. The van der Waals surface area contributed by atoms with Crippen LogP contribution >= 0.6 is 0 Å². The Balaban J connectivity index is 1.38. The Morgan fingerprint density at radius 3 is 2.41 bits per heavy atom. The number of hydrogen-bond donors (Lipinski definition) is 1. The maximum atomic E-state index is 13.6. The SMILES string of the molecule is CCCC(=O)OCc1c(CO)cc2n(c1=O)Cc1cc3c(CN(C)C)c(OC(=O)N(C)C4CCN(C(=O)OC(C)(C)C)CC4)ccc3nc1-2. The molecule has 2 aromatic heterocycles. The molecule has 264 valence electrons. The van der Waals surface area contributed by atoms with E-state index in [4.69, 9.17) is 19.2 Å². The van der Waals surface area contributed by atoms with Crippen LogP contribution in [0.3, 0.4) is 0 Å². The Morgan fingerprint density at radius 2 is 1.78 bits per heavy atom. The molecule has 2 aliphatic heterocycles. The van der Waals surface area contributed by atoms with Crippen LogP contribution in [-0.4, -0.2) is 93.4 Å². The van der Waals surface area contributed by atoms with E-state index in [2.05, 4.69) is 0 Å². The quantitative estimate of drug-likeness (QED) is 0.249. The van der Waals surface area contributed by atoms with E-state index in [-0.39, 0.29) is 49.4 Å². The third kappa shape index (κ3) is 7.88. The molecular weight excluding hydrogens is 630 g/mol. The molecule has 5 rings (SSSR count). The van der Waals surface area contributed by atoms with Crippen LogP contribution in [0, 0.1) is 0 Å². The third-order valence-corrected chi connectivity index (χ3v) is 8.84. The number of ether oxygens (including phenoxy) is 3. The number of benzene rings is 1. The van der Waals surface area contributed by atoms with Crippen molar-refractivity contribution in [2.24, 2.45) is 0 Å². The first kappa shape index (κ1) is 35.8. The van der Waals surface area contributed by atoms with Crippen molar-refractivity contribution in [1.29, 1.82) is 0 Å². The summed E-state index contributed by atoms with van der Waals surface area (Å²) in [6, 6.07) is 7.16. The van der Waals surface area contributed by atoms with Crippen molar-refractivity contribution >= 4 is 29.1 Å². The highest BCUT2D eigenvalue weighted by molar-refractivity contribution is 5.89. The first-order valence-corrected chi connectivity index (χ1v) is 16.8. The second kappa shape index (κ2) is 14.6. The smallest absolute Gasteiger partial charge is 0.415 e. The molecule has 0 atom stereocenters. The van der Waals surface area contributed by atoms with Crippen molar-refractivity contribution in [2.75, 3.05) is 34.2 Å². The number of pyridine rings is 2. The predicted molar refractivity (Wildman–Crippen MR) is 183 cm³/mol. The number of likely N-dealkylation sites (tertiary alicyclic amines) is 1. The van der Waals surface area contributed by atoms with E-state index in [9.17, 15) is 24.3 Å². The summed E-state index contributed by atoms with van der Waals surface area (Å²) < 4.78 is 18.4. The van der Waals surface area contributed by atoms with E-state index in [0.717, 1.165) is 16.5 Å². The van der Waals surface area contributed by atoms with Gasteiger partial charge >= 0.3 is 18.2 Å². The fourth-order valence-corrected chi connectivity index (χ4v) is 6.31. The number of piperidine rings is 1. The molecule has 13 heteroatoms. The first-order chi connectivity index (χ1) is 23.2. The van der Waals surface area contributed by atoms with Crippen LogP contribution in [0.4, 0.5) is 9.59 Å². The molecule has 0 saturated carbocycles. The summed E-state index contributed by atoms with van der Waals surface area (Å²) in [4.78, 5) is 61.8. The van der Waals surface area contributed by atoms with Gasteiger partial charge in [-0.2, -0.15) is 0 Å². The van der Waals surface area contributed by atoms with E-state index in [1.54, 1.807) is 39.6 Å². The van der Waals surface area contributed by atoms with Crippen LogP contribution in [0.25, 0.3) is 22.3 Å². The van der Waals surface area contributed by atoms with Gasteiger partial charge in [-0.05, 0) is 84.0 Å². The minimum absolute atomic E-state index is 0.102. The monoisotopic (exact) mass is 677 g/mol. The van der Waals surface area contributed by atoms with Gasteiger partial charge in [-0.15, -0.1) is 0 Å². The molecule has 4 heterocycles. The minimum atomic E-state index is -0.575. The van der Waals surface area contributed by atoms with Crippen LogP contribution in [0.15, 0.2) is 29.1 Å². The molecule has 1 aromatic carbocycles. The number of nitrogens with zero attached hydrogens (tertiary/aromatic N) is 5. The summed E-state index contributed by atoms with van der Waals surface area (Å²) >= 11 is 0. The maximum Gasteiger partial charge on any atom is 0.415 e. The molecule has 1 fully saturated rings. The lowest BCUT2D eigenvalue weighted by molar-refractivity contribution is -0.145. The summed E-state index contributed by atoms with van der Waals surface area (Å²) in [5, 5.41) is 10.9. The van der Waals surface area contributed by atoms with Crippen LogP contribution in [-0.2, 0) is 40.6 Å². The van der Waals surface area contributed by atoms with E-state index in [0.29, 0.717) is 67.1 Å². The Morgan fingerprint density at radius 1 is 1.06 bits per heavy atom. The highest BCUT2D eigenvalue weighted by Gasteiger charge is 2.32. The highest BCUT2D eigenvalue weighted by Crippen LogP contribution is 2.36. The lowest BCUT2D eigenvalue weighted by atomic mass is 10.0. The Bertz CT molecular complexity index is 1800. The normalized spacial score (nSPS) is 14.5. The molecule has 13 nitrogen and oxygen atoms in total. The first-order valence-electron chi connectivity index (χ1n) is 16.8. The molecule has 0 radical (unpaired) electrons. The summed E-state index contributed by atoms with van der Waals surface area (Å²) in [6.07, 6.45) is 1.24. The van der Waals surface area contributed by atoms with E-state index >= 15 is 0 Å². The molecule has 1 N–H and O–H groups in total. The summed E-state index contributed by atoms with van der Waals surface area (Å²) in [5.74, 6) is 0.0182. The third-order valence-electron chi connectivity index (χ3n) is 8.84. The molecule has 0 aliphatic carbocycles. The molecule has 2 amide bonds. The largest absolute Gasteiger partial charge is 0.461 e. The molecule has 0 unspecified atom stereocenters. The van der Waals surface area contributed by atoms with Gasteiger partial charge in [0.2, 0.25) is 0 Å². The van der Waals surface area contributed by atoms with Gasteiger partial charge in [-0.3, -0.25) is 9.59 Å². The Labute approximate surface area is 286 Å². The molecule has 2 aliphatic rings. The number of rotatable bonds is 9. The lowest BCUT2D eigenvalue weighted by Gasteiger charge is -2.36. The van der Waals surface area contributed by atoms with Gasteiger partial charge in [0.25, 0.3) is 5.56 Å². The highest BCUT2D eigenvalue weighted by atomic mass is 16.6. The number of aliphatic hydroxyl groups is 1. The van der Waals surface area contributed by atoms with Gasteiger partial charge in [0.1, 0.15) is 18.0 Å². The number of amides is 2. The molecule has 1 saturated heterocycles. The topological polar surface area (TPSA) is 144 Å². The average Bonchev–Trinajstić information content (AvgIpc) is 3.40. The van der Waals surface area contributed by atoms with Gasteiger partial charge in [-0.25, -0.2) is 14.6 Å². The standard InChI is InChI=1S/C36H47N5O8/c1-8-9-31(43)47-21-27-23(20-42)17-29-32-22(18-41(29)33(27)44)16-25-26(19-38(5)6)30(11-10-28(25)37-32)48-34(45)39(7)24-12-14-40(15-13-24)35(46)49-36(2,3)4/h10-11,16-17,24,42H,8-9,12-15,18-21H2,1-7H3. The average molecular weight is 678 g/mol. The Hall–Kier alpha value is -4.49. The zero-order valence-electron chi connectivity index (χ0n) is 29.5. The van der Waals surface area contributed by atoms with Crippen molar-refractivity contribution in [3.8, 4) is 17.1 Å². The molecule has 3 aromatic rings. The van der Waals surface area contributed by atoms with Crippen LogP contribution in [0.2, 0.25) is 0 Å². The van der Waals surface area contributed by atoms with Gasteiger partial charge in [0, 0.05) is 55.7 Å². The lowest BCUT2D eigenvalue weighted by Crippen LogP contribution is -2.49. The van der Waals surface area contributed by atoms with Crippen LogP contribution < -0.4 is 10.3 Å². The van der Waals surface area contributed by atoms with Crippen molar-refractivity contribution in [3.63, 3.8) is 0 Å². The zero-order chi connectivity index (χ0) is 35.6. The summed E-state index contributed by atoms with van der Waals surface area (Å²) in [6.45, 7) is 8.46. The van der Waals surface area contributed by atoms with Gasteiger partial charge < -0.3 is 38.6 Å². The Kier molecular flexibility index (Phi) is 10.6. The van der Waals surface area contributed by atoms with Gasteiger partial charge in [-0.1, -0.05) is 6.92 Å². The summed E-state index contributed by atoms with van der Waals surface area (Å²) in [5.41, 5.74) is 3.20. The van der Waals surface area contributed by atoms with Crippen molar-refractivity contribution in [2.45, 2.75) is 91.3 Å². The van der Waals surface area contributed by atoms with Crippen LogP contribution in [0.1, 0.15) is 75.6 Å². The molecular formula is C36H47N5O8. The van der Waals surface area contributed by atoms with Crippen molar-refractivity contribution in [3.05, 3.63) is 56.9 Å². The fourth-order valence-electron chi connectivity index (χ4n) is 6.31. The molecule has 0 spiro atoms. The second-order valence-corrected chi connectivity index (χ2v) is 14.0. The predicted octanol–water partition coefficient (Wildman–Crippen LogP) is 4.65. The van der Waals surface area contributed by atoms with Crippen LogP contribution in [0.5, 0.6) is 5.75 Å². The number of esters is 1. The van der Waals surface area contributed by atoms with Crippen molar-refractivity contribution < 1.29 is 33.7 Å². The van der Waals surface area contributed by atoms with E-state index in [1.165, 1.54) is 0 Å². The number of aromatic nitrogens is 2.